The summed E-state index contributed by atoms with van der Waals surface area (Å²) < 4.78 is 10.6. The van der Waals surface area contributed by atoms with E-state index in [9.17, 15) is 14.4 Å². The summed E-state index contributed by atoms with van der Waals surface area (Å²) in [5, 5.41) is 2.66. The monoisotopic (exact) mass is 404 g/mol. The summed E-state index contributed by atoms with van der Waals surface area (Å²) in [5.41, 5.74) is -0.282. The molecular formula is C22H32N2O5. The molecule has 0 spiro atoms. The van der Waals surface area contributed by atoms with Crippen LogP contribution in [0.15, 0.2) is 30.3 Å². The van der Waals surface area contributed by atoms with E-state index in [1.807, 2.05) is 44.2 Å². The second kappa shape index (κ2) is 9.29. The number of alkyl carbamates (subject to hydrolysis) is 1. The first-order chi connectivity index (χ1) is 13.5. The highest BCUT2D eigenvalue weighted by atomic mass is 16.6. The highest BCUT2D eigenvalue weighted by Crippen LogP contribution is 2.28. The van der Waals surface area contributed by atoms with Crippen LogP contribution in [0.4, 0.5) is 4.79 Å². The average molecular weight is 405 g/mol. The van der Waals surface area contributed by atoms with Crippen LogP contribution in [-0.4, -0.2) is 46.6 Å². The van der Waals surface area contributed by atoms with Crippen LogP contribution in [-0.2, 0) is 25.7 Å². The molecule has 1 aliphatic heterocycles. The maximum absolute atomic E-state index is 13.1. The first kappa shape index (κ1) is 22.7. The number of nitrogens with zero attached hydrogens (tertiary/aromatic N) is 1. The third-order valence-corrected chi connectivity index (χ3v) is 4.79. The minimum atomic E-state index is -0.734. The molecule has 0 bridgehead atoms. The fraction of sp³-hybridized carbons (Fsp3) is 0.591. The molecule has 7 heteroatoms. The van der Waals surface area contributed by atoms with Gasteiger partial charge in [-0.05, 0) is 59.4 Å². The zero-order valence-corrected chi connectivity index (χ0v) is 18.0. The first-order valence-electron chi connectivity index (χ1n) is 9.98. The van der Waals surface area contributed by atoms with Crippen molar-refractivity contribution in [2.75, 3.05) is 6.54 Å². The molecule has 1 N–H and O–H groups in total. The second-order valence-electron chi connectivity index (χ2n) is 8.97. The molecule has 0 aliphatic carbocycles. The smallest absolute Gasteiger partial charge is 0.408 e. The van der Waals surface area contributed by atoms with E-state index in [0.717, 1.165) is 18.4 Å². The molecule has 1 atom stereocenters. The Morgan fingerprint density at radius 1 is 1.21 bits per heavy atom. The highest BCUT2D eigenvalue weighted by Gasteiger charge is 2.40. The van der Waals surface area contributed by atoms with Crippen LogP contribution in [0, 0.1) is 0 Å². The summed E-state index contributed by atoms with van der Waals surface area (Å²) in [6, 6.07) is 8.59. The lowest BCUT2D eigenvalue weighted by Crippen LogP contribution is -2.55. The molecule has 1 saturated heterocycles. The Morgan fingerprint density at radius 3 is 2.48 bits per heavy atom. The van der Waals surface area contributed by atoms with Crippen LogP contribution in [0.1, 0.15) is 59.4 Å². The number of nitrogens with one attached hydrogen (secondary N) is 1. The Balaban J connectivity index is 2.01. The van der Waals surface area contributed by atoms with Crippen molar-refractivity contribution in [3.8, 4) is 0 Å². The van der Waals surface area contributed by atoms with E-state index in [1.165, 1.54) is 4.90 Å². The molecule has 0 unspecified atom stereocenters. The molecule has 1 fully saturated rings. The summed E-state index contributed by atoms with van der Waals surface area (Å²) in [6.45, 7) is 9.17. The number of ether oxygens (including phenoxy) is 2. The van der Waals surface area contributed by atoms with E-state index in [0.29, 0.717) is 6.42 Å². The minimum Gasteiger partial charge on any atom is -0.459 e. The lowest BCUT2D eigenvalue weighted by Gasteiger charge is -2.38. The van der Waals surface area contributed by atoms with Crippen molar-refractivity contribution in [1.82, 2.24) is 10.2 Å². The largest absolute Gasteiger partial charge is 0.459 e. The molecule has 0 aromatic heterocycles. The van der Waals surface area contributed by atoms with E-state index in [-0.39, 0.29) is 19.1 Å². The van der Waals surface area contributed by atoms with Gasteiger partial charge in [0.15, 0.2) is 0 Å². The Morgan fingerprint density at radius 2 is 1.86 bits per heavy atom. The van der Waals surface area contributed by atoms with Gasteiger partial charge in [0.25, 0.3) is 0 Å². The van der Waals surface area contributed by atoms with Gasteiger partial charge in [-0.2, -0.15) is 0 Å². The van der Waals surface area contributed by atoms with Crippen molar-refractivity contribution in [3.63, 3.8) is 0 Å². The SMILES string of the molecule is CC(C)(C)OC(=O)CN1C(=O)[C@@H](NC(=O)OCc2ccccc2)CCCC1(C)C. The summed E-state index contributed by atoms with van der Waals surface area (Å²) in [7, 11) is 0. The van der Waals surface area contributed by atoms with Crippen LogP contribution in [0.25, 0.3) is 0 Å². The zero-order valence-electron chi connectivity index (χ0n) is 18.0. The van der Waals surface area contributed by atoms with Gasteiger partial charge in [0, 0.05) is 5.54 Å². The van der Waals surface area contributed by atoms with E-state index in [1.54, 1.807) is 20.8 Å². The third-order valence-electron chi connectivity index (χ3n) is 4.79. The molecule has 1 aromatic carbocycles. The molecule has 160 valence electrons. The van der Waals surface area contributed by atoms with Crippen LogP contribution in [0.2, 0.25) is 0 Å². The van der Waals surface area contributed by atoms with Gasteiger partial charge < -0.3 is 19.7 Å². The first-order valence-corrected chi connectivity index (χ1v) is 9.98. The number of esters is 1. The molecular weight excluding hydrogens is 372 g/mol. The maximum atomic E-state index is 13.1. The van der Waals surface area contributed by atoms with Crippen LogP contribution >= 0.6 is 0 Å². The standard InChI is InChI=1S/C22H32N2O5/c1-21(2,3)29-18(25)14-24-19(26)17(12-9-13-22(24,4)5)23-20(27)28-15-16-10-7-6-8-11-16/h6-8,10-11,17H,9,12-15H2,1-5H3,(H,23,27)/t17-/m0/s1. The highest BCUT2D eigenvalue weighted by molar-refractivity contribution is 5.89. The predicted octanol–water partition coefficient (Wildman–Crippen LogP) is 3.41. The summed E-state index contributed by atoms with van der Waals surface area (Å²) in [6.07, 6.45) is 1.31. The Labute approximate surface area is 172 Å². The summed E-state index contributed by atoms with van der Waals surface area (Å²) in [4.78, 5) is 39.2. The van der Waals surface area contributed by atoms with Gasteiger partial charge in [-0.25, -0.2) is 4.79 Å². The fourth-order valence-corrected chi connectivity index (χ4v) is 3.32. The second-order valence-corrected chi connectivity index (χ2v) is 8.97. The van der Waals surface area contributed by atoms with E-state index < -0.39 is 29.2 Å². The Hall–Kier alpha value is -2.57. The van der Waals surface area contributed by atoms with Gasteiger partial charge >= 0.3 is 12.1 Å². The number of likely N-dealkylation sites (tertiary alicyclic amines) is 1. The number of benzene rings is 1. The maximum Gasteiger partial charge on any atom is 0.408 e. The van der Waals surface area contributed by atoms with Gasteiger partial charge in [-0.3, -0.25) is 9.59 Å². The van der Waals surface area contributed by atoms with Crippen molar-refractivity contribution in [3.05, 3.63) is 35.9 Å². The molecule has 1 aliphatic rings. The van der Waals surface area contributed by atoms with Gasteiger partial charge in [0.05, 0.1) is 0 Å². The van der Waals surface area contributed by atoms with Gasteiger partial charge in [-0.1, -0.05) is 30.3 Å². The molecule has 1 aromatic rings. The molecule has 2 amide bonds. The van der Waals surface area contributed by atoms with Crippen molar-refractivity contribution < 1.29 is 23.9 Å². The van der Waals surface area contributed by atoms with Crippen molar-refractivity contribution >= 4 is 18.0 Å². The van der Waals surface area contributed by atoms with Crippen molar-refractivity contribution in [2.45, 2.75) is 77.7 Å². The number of hydrogen-bond acceptors (Lipinski definition) is 5. The summed E-state index contributed by atoms with van der Waals surface area (Å²) >= 11 is 0. The number of hydrogen-bond donors (Lipinski definition) is 1. The lowest BCUT2D eigenvalue weighted by atomic mass is 9.97. The van der Waals surface area contributed by atoms with Gasteiger partial charge in [0.1, 0.15) is 24.8 Å². The quantitative estimate of drug-likeness (QED) is 0.760. The van der Waals surface area contributed by atoms with E-state index in [4.69, 9.17) is 9.47 Å². The van der Waals surface area contributed by atoms with E-state index >= 15 is 0 Å². The topological polar surface area (TPSA) is 84.9 Å². The molecule has 7 nitrogen and oxygen atoms in total. The Kier molecular flexibility index (Phi) is 7.27. The van der Waals surface area contributed by atoms with Gasteiger partial charge in [0.2, 0.25) is 5.91 Å². The molecule has 0 saturated carbocycles. The molecule has 2 rings (SSSR count). The van der Waals surface area contributed by atoms with Crippen molar-refractivity contribution in [2.24, 2.45) is 0 Å². The number of carbonyl (C=O) groups is 3. The molecule has 29 heavy (non-hydrogen) atoms. The number of rotatable bonds is 5. The predicted molar refractivity (Wildman–Crippen MR) is 109 cm³/mol. The average Bonchev–Trinajstić information content (AvgIpc) is 2.71. The fourth-order valence-electron chi connectivity index (χ4n) is 3.32. The zero-order chi connectivity index (χ0) is 21.7. The number of carbonyl (C=O) groups excluding carboxylic acids is 3. The van der Waals surface area contributed by atoms with Crippen LogP contribution in [0.3, 0.4) is 0 Å². The lowest BCUT2D eigenvalue weighted by molar-refractivity contribution is -0.161. The van der Waals surface area contributed by atoms with Crippen LogP contribution in [0.5, 0.6) is 0 Å². The Bertz CT molecular complexity index is 724. The van der Waals surface area contributed by atoms with Crippen LogP contribution < -0.4 is 5.32 Å². The normalized spacial score (nSPS) is 19.3. The van der Waals surface area contributed by atoms with E-state index in [2.05, 4.69) is 5.32 Å². The third kappa shape index (κ3) is 7.07. The van der Waals surface area contributed by atoms with Gasteiger partial charge in [-0.15, -0.1) is 0 Å². The van der Waals surface area contributed by atoms with Crippen molar-refractivity contribution in [1.29, 1.82) is 0 Å². The molecule has 0 radical (unpaired) electrons. The number of amides is 2. The minimum absolute atomic E-state index is 0.126. The summed E-state index contributed by atoms with van der Waals surface area (Å²) in [5.74, 6) is -0.763. The molecule has 1 heterocycles.